The molecule has 33 heavy (non-hydrogen) atoms. The quantitative estimate of drug-likeness (QED) is 0.242. The van der Waals surface area contributed by atoms with Crippen LogP contribution in [0.2, 0.25) is 0 Å². The Kier molecular flexibility index (Phi) is 5.06. The van der Waals surface area contributed by atoms with E-state index in [9.17, 15) is 14.7 Å². The largest absolute Gasteiger partial charge is 0.507 e. The number of nitrogens with zero attached hydrogens (tertiary/aromatic N) is 1. The lowest BCUT2D eigenvalue weighted by atomic mass is 9.94. The van der Waals surface area contributed by atoms with Crippen molar-refractivity contribution < 1.29 is 14.7 Å². The highest BCUT2D eigenvalue weighted by atomic mass is 16.3. The van der Waals surface area contributed by atoms with Crippen LogP contribution < -0.4 is 4.90 Å². The number of carbonyl (C=O) groups is 2. The number of amides is 1. The van der Waals surface area contributed by atoms with Gasteiger partial charge in [0.25, 0.3) is 11.7 Å². The number of aliphatic hydroxyl groups is 1. The van der Waals surface area contributed by atoms with Gasteiger partial charge >= 0.3 is 0 Å². The van der Waals surface area contributed by atoms with Gasteiger partial charge < -0.3 is 5.11 Å². The number of fused-ring (bicyclic) bond motifs is 1. The zero-order chi connectivity index (χ0) is 23.1. The summed E-state index contributed by atoms with van der Waals surface area (Å²) < 4.78 is 0. The Morgan fingerprint density at radius 3 is 2.21 bits per heavy atom. The minimum absolute atomic E-state index is 0.0986. The molecule has 4 nitrogen and oxygen atoms in total. The Morgan fingerprint density at radius 2 is 1.48 bits per heavy atom. The summed E-state index contributed by atoms with van der Waals surface area (Å²) in [7, 11) is 0. The van der Waals surface area contributed by atoms with Crippen LogP contribution in [0, 0.1) is 13.8 Å². The maximum absolute atomic E-state index is 13.3. The van der Waals surface area contributed by atoms with Gasteiger partial charge in [-0.15, -0.1) is 0 Å². The van der Waals surface area contributed by atoms with Crippen molar-refractivity contribution in [3.05, 3.63) is 119 Å². The summed E-state index contributed by atoms with van der Waals surface area (Å²) in [5, 5.41) is 13.3. The van der Waals surface area contributed by atoms with Crippen molar-refractivity contribution in [2.75, 3.05) is 4.90 Å². The molecule has 4 aromatic carbocycles. The second kappa shape index (κ2) is 8.06. The number of carbonyl (C=O) groups excluding carboxylic acids is 2. The van der Waals surface area contributed by atoms with Gasteiger partial charge in [0.2, 0.25) is 0 Å². The fourth-order valence-corrected chi connectivity index (χ4v) is 4.60. The van der Waals surface area contributed by atoms with Crippen LogP contribution in [0.15, 0.2) is 96.6 Å². The second-order valence-electron chi connectivity index (χ2n) is 8.43. The summed E-state index contributed by atoms with van der Waals surface area (Å²) >= 11 is 0. The molecule has 1 aliphatic rings. The van der Waals surface area contributed by atoms with E-state index in [0.29, 0.717) is 11.3 Å². The van der Waals surface area contributed by atoms with Crippen LogP contribution >= 0.6 is 0 Å². The molecule has 5 rings (SSSR count). The predicted molar refractivity (Wildman–Crippen MR) is 131 cm³/mol. The maximum Gasteiger partial charge on any atom is 0.300 e. The van der Waals surface area contributed by atoms with E-state index in [2.05, 4.69) is 0 Å². The lowest BCUT2D eigenvalue weighted by molar-refractivity contribution is -0.132. The highest BCUT2D eigenvalue weighted by molar-refractivity contribution is 6.51. The summed E-state index contributed by atoms with van der Waals surface area (Å²) in [6.45, 7) is 3.91. The molecule has 4 heteroatoms. The van der Waals surface area contributed by atoms with E-state index >= 15 is 0 Å². The third-order valence-corrected chi connectivity index (χ3v) is 6.19. The molecule has 0 spiro atoms. The molecule has 0 aliphatic carbocycles. The molecule has 1 aliphatic heterocycles. The average molecular weight is 434 g/mol. The van der Waals surface area contributed by atoms with Crippen molar-refractivity contribution in [2.45, 2.75) is 19.9 Å². The van der Waals surface area contributed by atoms with Crippen molar-refractivity contribution in [3.8, 4) is 0 Å². The van der Waals surface area contributed by atoms with E-state index in [0.717, 1.165) is 27.5 Å². The van der Waals surface area contributed by atoms with Crippen LogP contribution in [0.25, 0.3) is 16.5 Å². The van der Waals surface area contributed by atoms with Gasteiger partial charge in [-0.1, -0.05) is 84.4 Å². The van der Waals surface area contributed by atoms with Crippen molar-refractivity contribution in [3.63, 3.8) is 0 Å². The number of hydrogen-bond donors (Lipinski definition) is 1. The number of benzene rings is 4. The Labute approximate surface area is 192 Å². The van der Waals surface area contributed by atoms with Crippen LogP contribution in [-0.2, 0) is 9.59 Å². The molecule has 1 N–H and O–H groups in total. The molecule has 1 fully saturated rings. The van der Waals surface area contributed by atoms with E-state index in [4.69, 9.17) is 0 Å². The van der Waals surface area contributed by atoms with Crippen LogP contribution in [-0.4, -0.2) is 16.8 Å². The van der Waals surface area contributed by atoms with Crippen molar-refractivity contribution in [1.82, 2.24) is 0 Å². The van der Waals surface area contributed by atoms with Crippen molar-refractivity contribution >= 4 is 33.9 Å². The van der Waals surface area contributed by atoms with Crippen molar-refractivity contribution in [1.29, 1.82) is 0 Å². The summed E-state index contributed by atoms with van der Waals surface area (Å²) in [5.41, 5.74) is 3.99. The molecule has 0 bridgehead atoms. The molecular formula is C29H23NO3. The molecule has 0 radical (unpaired) electrons. The Hall–Kier alpha value is -4.18. The molecule has 162 valence electrons. The minimum atomic E-state index is -0.723. The summed E-state index contributed by atoms with van der Waals surface area (Å²) in [6, 6.07) is 27.8. The number of hydrogen-bond acceptors (Lipinski definition) is 3. The molecule has 1 heterocycles. The Morgan fingerprint density at radius 1 is 0.788 bits per heavy atom. The first-order valence-corrected chi connectivity index (χ1v) is 10.9. The van der Waals surface area contributed by atoms with Crippen LogP contribution in [0.5, 0.6) is 0 Å². The van der Waals surface area contributed by atoms with Crippen LogP contribution in [0.1, 0.15) is 28.3 Å². The SMILES string of the molecule is Cc1ccc(N2C(=O)C(=O)/C(=C(\O)c3ccc4ccccc4c3)C2c2ccccc2)c(C)c1. The van der Waals surface area contributed by atoms with Gasteiger partial charge in [0.05, 0.1) is 11.6 Å². The molecule has 1 unspecified atom stereocenters. The predicted octanol–water partition coefficient (Wildman–Crippen LogP) is 6.08. The highest BCUT2D eigenvalue weighted by Gasteiger charge is 2.47. The first-order chi connectivity index (χ1) is 16.0. The summed E-state index contributed by atoms with van der Waals surface area (Å²) in [4.78, 5) is 28.1. The van der Waals surface area contributed by atoms with Gasteiger partial charge in [0.1, 0.15) is 5.76 Å². The maximum atomic E-state index is 13.3. The first kappa shape index (κ1) is 20.7. The molecule has 1 atom stereocenters. The third kappa shape index (κ3) is 3.50. The minimum Gasteiger partial charge on any atom is -0.507 e. The topological polar surface area (TPSA) is 57.6 Å². The number of anilines is 1. The first-order valence-electron chi connectivity index (χ1n) is 10.9. The Bertz CT molecular complexity index is 1440. The van der Waals surface area contributed by atoms with E-state index in [1.807, 2.05) is 98.8 Å². The van der Waals surface area contributed by atoms with Crippen LogP contribution in [0.4, 0.5) is 5.69 Å². The van der Waals surface area contributed by atoms with Crippen LogP contribution in [0.3, 0.4) is 0 Å². The lowest BCUT2D eigenvalue weighted by Crippen LogP contribution is -2.30. The van der Waals surface area contributed by atoms with E-state index in [-0.39, 0.29) is 11.3 Å². The summed E-state index contributed by atoms with van der Waals surface area (Å²) in [6.07, 6.45) is 0. The average Bonchev–Trinajstić information content (AvgIpc) is 3.09. The van der Waals surface area contributed by atoms with E-state index in [1.54, 1.807) is 6.07 Å². The molecule has 1 saturated heterocycles. The number of ketones is 1. The van der Waals surface area contributed by atoms with Gasteiger partial charge in [-0.25, -0.2) is 0 Å². The summed E-state index contributed by atoms with van der Waals surface area (Å²) in [5.74, 6) is -1.49. The van der Waals surface area contributed by atoms with Gasteiger partial charge in [-0.2, -0.15) is 0 Å². The standard InChI is InChI=1S/C29H23NO3/c1-18-12-15-24(19(2)16-18)30-26(21-9-4-3-5-10-21)25(28(32)29(30)33)27(31)23-14-13-20-8-6-7-11-22(20)17-23/h3-17,26,31H,1-2H3/b27-25-. The van der Waals surface area contributed by atoms with Gasteiger partial charge in [0, 0.05) is 11.3 Å². The number of rotatable bonds is 3. The zero-order valence-corrected chi connectivity index (χ0v) is 18.4. The smallest absolute Gasteiger partial charge is 0.300 e. The monoisotopic (exact) mass is 433 g/mol. The fourth-order valence-electron chi connectivity index (χ4n) is 4.60. The fraction of sp³-hybridized carbons (Fsp3) is 0.103. The molecule has 4 aromatic rings. The molecular weight excluding hydrogens is 410 g/mol. The zero-order valence-electron chi connectivity index (χ0n) is 18.4. The van der Waals surface area contributed by atoms with Gasteiger partial charge in [-0.3, -0.25) is 14.5 Å². The van der Waals surface area contributed by atoms with Crippen molar-refractivity contribution in [2.24, 2.45) is 0 Å². The van der Waals surface area contributed by atoms with E-state index in [1.165, 1.54) is 4.90 Å². The highest BCUT2D eigenvalue weighted by Crippen LogP contribution is 2.43. The third-order valence-electron chi connectivity index (χ3n) is 6.19. The van der Waals surface area contributed by atoms with Gasteiger partial charge in [0.15, 0.2) is 0 Å². The number of Topliss-reactive ketones (excluding diaryl/α,β-unsaturated/α-hetero) is 1. The second-order valence-corrected chi connectivity index (χ2v) is 8.43. The molecule has 0 saturated carbocycles. The van der Waals surface area contributed by atoms with Gasteiger partial charge in [-0.05, 0) is 47.9 Å². The van der Waals surface area contributed by atoms with E-state index < -0.39 is 17.7 Å². The molecule has 1 amide bonds. The lowest BCUT2D eigenvalue weighted by Gasteiger charge is -2.27. The number of aliphatic hydroxyl groups excluding tert-OH is 1. The normalized spacial score (nSPS) is 17.6. The number of aryl methyl sites for hydroxylation is 2. The Balaban J connectivity index is 1.74. The molecule has 0 aromatic heterocycles.